The molecule has 0 saturated heterocycles. The Balaban J connectivity index is 2.24. The zero-order chi connectivity index (χ0) is 23.3. The summed E-state index contributed by atoms with van der Waals surface area (Å²) in [7, 11) is -7.74. The molecule has 2 aromatic rings. The summed E-state index contributed by atoms with van der Waals surface area (Å²) in [5.41, 5.74) is 0.658. The Kier molecular flexibility index (Phi) is 8.57. The van der Waals surface area contributed by atoms with Crippen LogP contribution in [0.15, 0.2) is 51.8 Å². The van der Waals surface area contributed by atoms with Crippen molar-refractivity contribution in [2.24, 2.45) is 0 Å². The van der Waals surface area contributed by atoms with Crippen LogP contribution in [0.3, 0.4) is 0 Å². The predicted molar refractivity (Wildman–Crippen MR) is 113 cm³/mol. The lowest BCUT2D eigenvalue weighted by atomic mass is 10.2. The molecule has 0 aliphatic carbocycles. The first-order valence-electron chi connectivity index (χ1n) is 8.92. The van der Waals surface area contributed by atoms with Gasteiger partial charge in [-0.05, 0) is 49.7 Å². The molecule has 0 spiro atoms. The van der Waals surface area contributed by atoms with Crippen LogP contribution in [0.1, 0.15) is 19.4 Å². The zero-order valence-electron chi connectivity index (χ0n) is 16.5. The van der Waals surface area contributed by atoms with Gasteiger partial charge in [0.2, 0.25) is 0 Å². The first kappa shape index (κ1) is 25.7. The van der Waals surface area contributed by atoms with Crippen molar-refractivity contribution in [3.63, 3.8) is 0 Å². The minimum Gasteiger partial charge on any atom is -0.404 e. The van der Waals surface area contributed by atoms with Gasteiger partial charge < -0.3 is 13.8 Å². The predicted octanol–water partition coefficient (Wildman–Crippen LogP) is 5.91. The van der Waals surface area contributed by atoms with Crippen molar-refractivity contribution in [3.05, 3.63) is 52.5 Å². The third-order valence-electron chi connectivity index (χ3n) is 3.65. The van der Waals surface area contributed by atoms with Gasteiger partial charge >= 0.3 is 14.0 Å². The van der Waals surface area contributed by atoms with Gasteiger partial charge in [0.25, 0.3) is 10.0 Å². The molecule has 0 heterocycles. The maximum absolute atomic E-state index is 12.7. The second-order valence-electron chi connectivity index (χ2n) is 6.05. The third-order valence-corrected chi connectivity index (χ3v) is 7.62. The van der Waals surface area contributed by atoms with Crippen LogP contribution in [0.5, 0.6) is 5.75 Å². The molecule has 31 heavy (non-hydrogen) atoms. The van der Waals surface area contributed by atoms with Gasteiger partial charge in [0.15, 0.2) is 5.75 Å². The Bertz CT molecular complexity index is 1040. The zero-order valence-corrected chi connectivity index (χ0v) is 19.8. The van der Waals surface area contributed by atoms with Crippen LogP contribution in [-0.2, 0) is 29.8 Å². The lowest BCUT2D eigenvalue weighted by Crippen LogP contribution is -2.21. The van der Waals surface area contributed by atoms with E-state index in [2.05, 4.69) is 25.4 Å². The maximum Gasteiger partial charge on any atom is 0.573 e. The van der Waals surface area contributed by atoms with E-state index in [4.69, 9.17) is 9.05 Å². The largest absolute Gasteiger partial charge is 0.573 e. The van der Waals surface area contributed by atoms with E-state index in [9.17, 15) is 26.2 Å². The molecule has 0 bridgehead atoms. The molecule has 0 aliphatic rings. The van der Waals surface area contributed by atoms with Gasteiger partial charge in [0, 0.05) is 10.2 Å². The van der Waals surface area contributed by atoms with E-state index in [1.807, 2.05) is 0 Å². The minimum absolute atomic E-state index is 0.0159. The van der Waals surface area contributed by atoms with E-state index >= 15 is 0 Å². The number of nitrogens with one attached hydrogen (secondary N) is 1. The Morgan fingerprint density at radius 3 is 2.13 bits per heavy atom. The molecule has 7 nitrogen and oxygen atoms in total. The normalized spacial score (nSPS) is 12.6. The van der Waals surface area contributed by atoms with Crippen molar-refractivity contribution in [2.75, 3.05) is 17.9 Å². The summed E-state index contributed by atoms with van der Waals surface area (Å²) in [6.45, 7) is 3.76. The second-order valence-corrected chi connectivity index (χ2v) is 10.7. The highest BCUT2D eigenvalue weighted by atomic mass is 79.9. The molecule has 172 valence electrons. The van der Waals surface area contributed by atoms with Gasteiger partial charge in [-0.2, -0.15) is 0 Å². The van der Waals surface area contributed by atoms with E-state index in [1.165, 1.54) is 30.3 Å². The van der Waals surface area contributed by atoms with Crippen molar-refractivity contribution < 1.29 is 39.9 Å². The van der Waals surface area contributed by atoms with E-state index in [0.29, 0.717) is 5.56 Å². The van der Waals surface area contributed by atoms with Crippen LogP contribution < -0.4 is 9.46 Å². The molecule has 0 amide bonds. The molecule has 0 saturated carbocycles. The summed E-state index contributed by atoms with van der Waals surface area (Å²) >= 11 is 2.99. The van der Waals surface area contributed by atoms with Crippen LogP contribution in [-0.4, -0.2) is 28.0 Å². The number of hydrogen-bond donors (Lipinski definition) is 1. The molecule has 1 N–H and O–H groups in total. The van der Waals surface area contributed by atoms with E-state index in [1.54, 1.807) is 13.8 Å². The Labute approximate surface area is 186 Å². The Hall–Kier alpha value is -1.59. The fourth-order valence-electron chi connectivity index (χ4n) is 2.54. The molecule has 0 aliphatic heterocycles. The molecule has 13 heteroatoms. The Morgan fingerprint density at radius 1 is 1.03 bits per heavy atom. The Morgan fingerprint density at radius 2 is 1.61 bits per heavy atom. The van der Waals surface area contributed by atoms with Crippen LogP contribution in [0.4, 0.5) is 18.9 Å². The summed E-state index contributed by atoms with van der Waals surface area (Å²) in [5, 5.41) is 0. The molecule has 2 rings (SSSR count). The number of benzene rings is 2. The second kappa shape index (κ2) is 10.4. The molecule has 0 radical (unpaired) electrons. The smallest absolute Gasteiger partial charge is 0.404 e. The quantitative estimate of drug-likeness (QED) is 0.373. The summed E-state index contributed by atoms with van der Waals surface area (Å²) in [5.74, 6) is -0.875. The number of anilines is 1. The highest BCUT2D eigenvalue weighted by Crippen LogP contribution is 2.51. The van der Waals surface area contributed by atoms with Crippen LogP contribution in [0.2, 0.25) is 0 Å². The number of alkyl halides is 3. The van der Waals surface area contributed by atoms with Gasteiger partial charge in [0.05, 0.1) is 19.4 Å². The first-order valence-corrected chi connectivity index (χ1v) is 12.9. The van der Waals surface area contributed by atoms with E-state index < -0.39 is 34.6 Å². The first-order chi connectivity index (χ1) is 14.4. The molecule has 2 aromatic carbocycles. The van der Waals surface area contributed by atoms with Crippen LogP contribution in [0, 0.1) is 0 Å². The number of halogens is 4. The molecular formula is C18H20BrF3NO6PS. The van der Waals surface area contributed by atoms with Gasteiger partial charge in [-0.3, -0.25) is 9.29 Å². The summed E-state index contributed by atoms with van der Waals surface area (Å²) in [6.07, 6.45) is -5.08. The average Bonchev–Trinajstić information content (AvgIpc) is 2.62. The van der Waals surface area contributed by atoms with E-state index in [-0.39, 0.29) is 29.5 Å². The lowest BCUT2D eigenvalue weighted by Gasteiger charge is -2.17. The van der Waals surface area contributed by atoms with Gasteiger partial charge in [0.1, 0.15) is 4.90 Å². The van der Waals surface area contributed by atoms with E-state index in [0.717, 1.165) is 12.1 Å². The van der Waals surface area contributed by atoms with Gasteiger partial charge in [-0.15, -0.1) is 13.2 Å². The van der Waals surface area contributed by atoms with Crippen molar-refractivity contribution in [2.45, 2.75) is 31.3 Å². The summed E-state index contributed by atoms with van der Waals surface area (Å²) in [4.78, 5) is -0.686. The van der Waals surface area contributed by atoms with Crippen molar-refractivity contribution in [1.82, 2.24) is 0 Å². The van der Waals surface area contributed by atoms with Crippen molar-refractivity contribution in [1.29, 1.82) is 0 Å². The van der Waals surface area contributed by atoms with Crippen molar-refractivity contribution in [3.8, 4) is 5.75 Å². The summed E-state index contributed by atoms with van der Waals surface area (Å²) in [6, 6.07) is 8.97. The van der Waals surface area contributed by atoms with Crippen molar-refractivity contribution >= 4 is 39.2 Å². The highest BCUT2D eigenvalue weighted by molar-refractivity contribution is 9.10. The highest BCUT2D eigenvalue weighted by Gasteiger charge is 2.34. The lowest BCUT2D eigenvalue weighted by molar-refractivity contribution is -0.275. The maximum atomic E-state index is 12.7. The molecule has 0 aromatic heterocycles. The molecular weight excluding hydrogens is 526 g/mol. The minimum atomic E-state index is -5.07. The molecule has 0 unspecified atom stereocenters. The van der Waals surface area contributed by atoms with Crippen LogP contribution in [0.25, 0.3) is 0 Å². The van der Waals surface area contributed by atoms with Crippen LogP contribution >= 0.6 is 23.5 Å². The fourth-order valence-corrected chi connectivity index (χ4v) is 5.75. The average molecular weight is 546 g/mol. The fraction of sp³-hybridized carbons (Fsp3) is 0.333. The number of sulfonamides is 1. The standard InChI is InChI=1S/C18H20BrF3NO6PS/c1-3-27-30(24,28-4-2)12-13-5-8-15(9-6-13)23-31(25,26)17-10-7-14(19)11-16(17)29-18(20,21)22/h5-11,23H,3-4,12H2,1-2H3. The number of ether oxygens (including phenoxy) is 1. The van der Waals surface area contributed by atoms with Gasteiger partial charge in [-0.25, -0.2) is 8.42 Å². The topological polar surface area (TPSA) is 90.9 Å². The molecule has 0 fully saturated rings. The molecule has 0 atom stereocenters. The number of rotatable bonds is 10. The third kappa shape index (κ3) is 7.80. The SMILES string of the molecule is CCOP(=O)(Cc1ccc(NS(=O)(=O)c2ccc(Br)cc2OC(F)(F)F)cc1)OCC. The number of hydrogen-bond acceptors (Lipinski definition) is 6. The monoisotopic (exact) mass is 545 g/mol. The van der Waals surface area contributed by atoms with Gasteiger partial charge in [-0.1, -0.05) is 28.1 Å². The summed E-state index contributed by atoms with van der Waals surface area (Å²) < 4.78 is 92.6.